The molecule has 5 rings (SSSR count). The third kappa shape index (κ3) is 7.42. The van der Waals surface area contributed by atoms with Crippen molar-refractivity contribution < 1.29 is 31.2 Å². The van der Waals surface area contributed by atoms with Crippen molar-refractivity contribution in [3.8, 4) is 0 Å². The fraction of sp³-hybridized carbons (Fsp3) is 0.562. The number of likely N-dealkylation sites (tertiary alicyclic amines) is 1. The van der Waals surface area contributed by atoms with Crippen LogP contribution in [-0.4, -0.2) is 73.0 Å². The minimum absolute atomic E-state index is 0.0847. The highest BCUT2D eigenvalue weighted by Crippen LogP contribution is 2.38. The number of carbonyl (C=O) groups is 2. The largest absolute Gasteiger partial charge is 0.416 e. The summed E-state index contributed by atoms with van der Waals surface area (Å²) in [6.07, 6.45) is 0.290. The molecule has 0 unspecified atom stereocenters. The van der Waals surface area contributed by atoms with Gasteiger partial charge in [0, 0.05) is 36.8 Å². The van der Waals surface area contributed by atoms with E-state index in [9.17, 15) is 31.2 Å². The van der Waals surface area contributed by atoms with Crippen molar-refractivity contribution in [1.29, 1.82) is 0 Å². The molecule has 7 nitrogen and oxygen atoms in total. The molecule has 11 heteroatoms. The molecule has 1 N–H and O–H groups in total. The van der Waals surface area contributed by atoms with E-state index < -0.39 is 33.5 Å². The van der Waals surface area contributed by atoms with Crippen LogP contribution in [0.4, 0.5) is 13.2 Å². The summed E-state index contributed by atoms with van der Waals surface area (Å²) < 4.78 is 66.6. The van der Waals surface area contributed by atoms with Gasteiger partial charge in [-0.15, -0.1) is 0 Å². The maximum atomic E-state index is 13.6. The van der Waals surface area contributed by atoms with Crippen LogP contribution < -0.4 is 5.32 Å². The number of halogens is 3. The zero-order chi connectivity index (χ0) is 30.9. The highest BCUT2D eigenvalue weighted by atomic mass is 32.2. The van der Waals surface area contributed by atoms with Gasteiger partial charge in [-0.25, -0.2) is 8.42 Å². The zero-order valence-corrected chi connectivity index (χ0v) is 25.4. The van der Waals surface area contributed by atoms with Crippen LogP contribution in [0.1, 0.15) is 68.3 Å². The Morgan fingerprint density at radius 2 is 1.74 bits per heavy atom. The second-order valence-corrected chi connectivity index (χ2v) is 14.6. The number of amides is 2. The van der Waals surface area contributed by atoms with Crippen molar-refractivity contribution in [3.63, 3.8) is 0 Å². The predicted octanol–water partition coefficient (Wildman–Crippen LogP) is 5.17. The molecule has 1 aliphatic heterocycles. The zero-order valence-electron chi connectivity index (χ0n) is 24.6. The fourth-order valence-electron chi connectivity index (χ4n) is 6.74. The topological polar surface area (TPSA) is 86.8 Å². The Bertz CT molecular complexity index is 1410. The van der Waals surface area contributed by atoms with Crippen molar-refractivity contribution in [2.24, 2.45) is 11.8 Å². The molecule has 0 bridgehead atoms. The summed E-state index contributed by atoms with van der Waals surface area (Å²) in [5.74, 6) is -0.756. The lowest BCUT2D eigenvalue weighted by Gasteiger charge is -2.45. The van der Waals surface area contributed by atoms with Gasteiger partial charge in [-0.05, 0) is 94.5 Å². The fourth-order valence-corrected chi connectivity index (χ4v) is 8.43. The highest BCUT2D eigenvalue weighted by Gasteiger charge is 2.45. The van der Waals surface area contributed by atoms with Crippen molar-refractivity contribution in [2.45, 2.75) is 87.6 Å². The first kappa shape index (κ1) is 31.5. The predicted molar refractivity (Wildman–Crippen MR) is 157 cm³/mol. The molecule has 2 aromatic carbocycles. The summed E-state index contributed by atoms with van der Waals surface area (Å²) in [5.41, 5.74) is -1.10. The van der Waals surface area contributed by atoms with Crippen molar-refractivity contribution in [1.82, 2.24) is 15.1 Å². The number of nitrogens with zero attached hydrogens (tertiary/aromatic N) is 2. The van der Waals surface area contributed by atoms with Gasteiger partial charge in [0.25, 0.3) is 5.91 Å². The van der Waals surface area contributed by atoms with Gasteiger partial charge in [-0.3, -0.25) is 14.5 Å². The van der Waals surface area contributed by atoms with Gasteiger partial charge in [0.1, 0.15) is 6.04 Å². The van der Waals surface area contributed by atoms with Crippen LogP contribution in [0.2, 0.25) is 0 Å². The van der Waals surface area contributed by atoms with Crippen LogP contribution in [0.25, 0.3) is 0 Å². The van der Waals surface area contributed by atoms with E-state index in [2.05, 4.69) is 24.1 Å². The number of nitrogens with one attached hydrogen (secondary N) is 1. The van der Waals surface area contributed by atoms with Crippen LogP contribution in [0.15, 0.2) is 59.5 Å². The van der Waals surface area contributed by atoms with Gasteiger partial charge in [0.2, 0.25) is 5.91 Å². The minimum atomic E-state index is -4.59. The first-order chi connectivity index (χ1) is 20.3. The standard InChI is InChI=1S/C32H40F3N3O4S/c1-21(2)38(19-22-11-12-22)26-13-14-29(24(18-26)20-43(41,42)27-9-4-3-5-10-27)37-16-15-28(31(37)40)36-30(39)23-7-6-8-25(17-23)32(33,34)35/h3-10,17,21-22,24,26,28-29H,11-16,18-20H2,1-2H3,(H,36,39)/t24-,26-,28+,29+/m1/s1. The Kier molecular flexibility index (Phi) is 9.23. The second-order valence-electron chi connectivity index (χ2n) is 12.5. The quantitative estimate of drug-likeness (QED) is 0.397. The molecule has 3 aliphatic rings. The highest BCUT2D eigenvalue weighted by molar-refractivity contribution is 7.91. The van der Waals surface area contributed by atoms with E-state index in [0.29, 0.717) is 37.8 Å². The van der Waals surface area contributed by atoms with E-state index in [1.807, 2.05) is 0 Å². The molecular weight excluding hydrogens is 579 g/mol. The van der Waals surface area contributed by atoms with E-state index in [0.717, 1.165) is 25.1 Å². The van der Waals surface area contributed by atoms with Crippen LogP contribution in [0.3, 0.4) is 0 Å². The van der Waals surface area contributed by atoms with Crippen LogP contribution >= 0.6 is 0 Å². The maximum absolute atomic E-state index is 13.6. The number of hydrogen-bond acceptors (Lipinski definition) is 5. The Morgan fingerprint density at radius 1 is 1.02 bits per heavy atom. The lowest BCUT2D eigenvalue weighted by molar-refractivity contribution is -0.137. The van der Waals surface area contributed by atoms with Gasteiger partial charge in [0.15, 0.2) is 9.84 Å². The minimum Gasteiger partial charge on any atom is -0.340 e. The molecule has 0 aromatic heterocycles. The summed E-state index contributed by atoms with van der Waals surface area (Å²) in [7, 11) is -3.62. The number of hydrogen-bond donors (Lipinski definition) is 1. The van der Waals surface area contributed by atoms with Crippen molar-refractivity contribution >= 4 is 21.7 Å². The third-order valence-corrected chi connectivity index (χ3v) is 11.0. The number of benzene rings is 2. The van der Waals surface area contributed by atoms with E-state index in [-0.39, 0.29) is 40.1 Å². The first-order valence-corrected chi connectivity index (χ1v) is 16.8. The molecule has 3 fully saturated rings. The molecule has 2 saturated carbocycles. The molecule has 0 radical (unpaired) electrons. The van der Waals surface area contributed by atoms with E-state index >= 15 is 0 Å². The van der Waals surface area contributed by atoms with Gasteiger partial charge >= 0.3 is 6.18 Å². The molecule has 2 aromatic rings. The summed E-state index contributed by atoms with van der Waals surface area (Å²) in [4.78, 5) is 31.0. The molecule has 234 valence electrons. The average Bonchev–Trinajstić information content (AvgIpc) is 3.73. The monoisotopic (exact) mass is 619 g/mol. The molecule has 4 atom stereocenters. The van der Waals surface area contributed by atoms with E-state index in [1.54, 1.807) is 35.2 Å². The Hall–Kier alpha value is -2.92. The normalized spacial score (nSPS) is 25.0. The molecular formula is C32H40F3N3O4S. The SMILES string of the molecule is CC(C)N(CC1CC1)[C@@H]1CC[C@H](N2CC[C@H](NC(=O)c3cccc(C(F)(F)F)c3)C2=O)[C@@H](CS(=O)(=O)c2ccccc2)C1. The lowest BCUT2D eigenvalue weighted by Crippen LogP contribution is -2.54. The second kappa shape index (κ2) is 12.6. The van der Waals surface area contributed by atoms with Crippen LogP contribution in [0, 0.1) is 11.8 Å². The first-order valence-electron chi connectivity index (χ1n) is 15.2. The van der Waals surface area contributed by atoms with Crippen LogP contribution in [-0.2, 0) is 20.8 Å². The van der Waals surface area contributed by atoms with E-state index in [4.69, 9.17) is 0 Å². The van der Waals surface area contributed by atoms with Gasteiger partial charge < -0.3 is 10.2 Å². The molecule has 2 aliphatic carbocycles. The summed E-state index contributed by atoms with van der Waals surface area (Å²) in [5, 5.41) is 2.63. The summed E-state index contributed by atoms with van der Waals surface area (Å²) in [6, 6.07) is 11.8. The summed E-state index contributed by atoms with van der Waals surface area (Å²) >= 11 is 0. The smallest absolute Gasteiger partial charge is 0.340 e. The Morgan fingerprint density at radius 3 is 2.40 bits per heavy atom. The molecule has 2 amide bonds. The number of alkyl halides is 3. The van der Waals surface area contributed by atoms with Crippen molar-refractivity contribution in [3.05, 3.63) is 65.7 Å². The molecule has 0 spiro atoms. The number of carbonyl (C=O) groups excluding carboxylic acids is 2. The Labute approximate surface area is 251 Å². The van der Waals surface area contributed by atoms with Gasteiger partial charge in [-0.2, -0.15) is 13.2 Å². The van der Waals surface area contributed by atoms with Crippen molar-refractivity contribution in [2.75, 3.05) is 18.8 Å². The van der Waals surface area contributed by atoms with Crippen LogP contribution in [0.5, 0.6) is 0 Å². The average molecular weight is 620 g/mol. The van der Waals surface area contributed by atoms with Gasteiger partial charge in [-0.1, -0.05) is 24.3 Å². The molecule has 1 saturated heterocycles. The van der Waals surface area contributed by atoms with E-state index in [1.165, 1.54) is 25.0 Å². The summed E-state index contributed by atoms with van der Waals surface area (Å²) in [6.45, 7) is 5.69. The Balaban J connectivity index is 1.33. The molecule has 43 heavy (non-hydrogen) atoms. The lowest BCUT2D eigenvalue weighted by atomic mass is 9.80. The third-order valence-electron chi connectivity index (χ3n) is 9.15. The van der Waals surface area contributed by atoms with Gasteiger partial charge in [0.05, 0.1) is 16.2 Å². The number of rotatable bonds is 10. The molecule has 1 heterocycles. The number of sulfone groups is 1. The maximum Gasteiger partial charge on any atom is 0.416 e.